The zero-order chi connectivity index (χ0) is 14.7. The third-order valence-corrected chi connectivity index (χ3v) is 4.25. The van der Waals surface area contributed by atoms with Crippen molar-refractivity contribution in [3.63, 3.8) is 0 Å². The van der Waals surface area contributed by atoms with Crippen LogP contribution in [0.4, 0.5) is 0 Å². The second-order valence-corrected chi connectivity index (χ2v) is 5.83. The summed E-state index contributed by atoms with van der Waals surface area (Å²) >= 11 is 0. The Bertz CT molecular complexity index is 579. The number of rotatable bonds is 4. The van der Waals surface area contributed by atoms with E-state index in [1.54, 1.807) is 6.33 Å². The summed E-state index contributed by atoms with van der Waals surface area (Å²) in [5.41, 5.74) is 1.34. The number of nitrogens with zero attached hydrogens (tertiary/aromatic N) is 4. The quantitative estimate of drug-likeness (QED) is 0.927. The van der Waals surface area contributed by atoms with Crippen molar-refractivity contribution in [2.24, 2.45) is 0 Å². The molecular formula is C16H23N5. The molecule has 1 saturated heterocycles. The predicted molar refractivity (Wildman–Crippen MR) is 82.8 cm³/mol. The largest absolute Gasteiger partial charge is 0.305 e. The lowest BCUT2D eigenvalue weighted by molar-refractivity contribution is 0.132. The molecule has 0 radical (unpaired) electrons. The molecule has 5 heteroatoms. The fourth-order valence-corrected chi connectivity index (χ4v) is 3.08. The van der Waals surface area contributed by atoms with Gasteiger partial charge < -0.3 is 5.32 Å². The molecule has 112 valence electrons. The first-order chi connectivity index (χ1) is 10.2. The molecule has 3 rings (SSSR count). The topological polar surface area (TPSA) is 46.0 Å². The van der Waals surface area contributed by atoms with Crippen LogP contribution < -0.4 is 5.32 Å². The molecule has 1 fully saturated rings. The van der Waals surface area contributed by atoms with Gasteiger partial charge in [-0.3, -0.25) is 4.90 Å². The van der Waals surface area contributed by atoms with E-state index in [0.717, 1.165) is 38.5 Å². The van der Waals surface area contributed by atoms with E-state index in [1.165, 1.54) is 5.56 Å². The van der Waals surface area contributed by atoms with Gasteiger partial charge in [-0.1, -0.05) is 30.3 Å². The lowest BCUT2D eigenvalue weighted by atomic mass is 9.89. The van der Waals surface area contributed by atoms with Crippen molar-refractivity contribution in [2.75, 3.05) is 19.6 Å². The molecule has 2 aromatic rings. The maximum absolute atomic E-state index is 4.39. The van der Waals surface area contributed by atoms with Crippen LogP contribution in [0, 0.1) is 0 Å². The van der Waals surface area contributed by atoms with Crippen molar-refractivity contribution in [1.29, 1.82) is 0 Å². The molecule has 1 N–H and O–H groups in total. The van der Waals surface area contributed by atoms with Gasteiger partial charge in [0.15, 0.2) is 0 Å². The van der Waals surface area contributed by atoms with Crippen LogP contribution in [0.5, 0.6) is 0 Å². The molecule has 0 amide bonds. The molecule has 0 spiro atoms. The minimum absolute atomic E-state index is 0.00340. The van der Waals surface area contributed by atoms with Crippen LogP contribution in [0.2, 0.25) is 0 Å². The SMILES string of the molecule is CCn1ncnc1CN1CCNC(C)(c2ccccc2)C1. The minimum Gasteiger partial charge on any atom is -0.305 e. The van der Waals surface area contributed by atoms with Crippen molar-refractivity contribution in [3.05, 3.63) is 48.0 Å². The van der Waals surface area contributed by atoms with Crippen LogP contribution >= 0.6 is 0 Å². The summed E-state index contributed by atoms with van der Waals surface area (Å²) < 4.78 is 1.97. The van der Waals surface area contributed by atoms with E-state index in [-0.39, 0.29) is 5.54 Å². The van der Waals surface area contributed by atoms with Crippen molar-refractivity contribution >= 4 is 0 Å². The van der Waals surface area contributed by atoms with E-state index >= 15 is 0 Å². The van der Waals surface area contributed by atoms with Gasteiger partial charge in [0.2, 0.25) is 0 Å². The van der Waals surface area contributed by atoms with Gasteiger partial charge in [-0.25, -0.2) is 9.67 Å². The Morgan fingerprint density at radius 3 is 2.86 bits per heavy atom. The van der Waals surface area contributed by atoms with Gasteiger partial charge in [0, 0.05) is 26.2 Å². The molecule has 0 bridgehead atoms. The average molecular weight is 285 g/mol. The number of benzene rings is 1. The first-order valence-electron chi connectivity index (χ1n) is 7.61. The van der Waals surface area contributed by atoms with Crippen molar-refractivity contribution in [1.82, 2.24) is 25.0 Å². The Morgan fingerprint density at radius 2 is 2.10 bits per heavy atom. The van der Waals surface area contributed by atoms with Crippen LogP contribution in [0.1, 0.15) is 25.2 Å². The standard InChI is InChI=1S/C16H23N5/c1-3-21-15(17-13-19-21)11-20-10-9-18-16(2,12-20)14-7-5-4-6-8-14/h4-8,13,18H,3,9-12H2,1-2H3. The Balaban J connectivity index is 1.74. The van der Waals surface area contributed by atoms with E-state index in [0.29, 0.717) is 0 Å². The molecule has 0 aliphatic carbocycles. The molecule has 5 nitrogen and oxygen atoms in total. The Kier molecular flexibility index (Phi) is 4.03. The van der Waals surface area contributed by atoms with Crippen LogP contribution in [0.25, 0.3) is 0 Å². The number of nitrogens with one attached hydrogen (secondary N) is 1. The summed E-state index contributed by atoms with van der Waals surface area (Å²) in [6.45, 7) is 9.12. The van der Waals surface area contributed by atoms with E-state index in [2.05, 4.69) is 64.5 Å². The molecule has 1 aliphatic heterocycles. The summed E-state index contributed by atoms with van der Waals surface area (Å²) in [5.74, 6) is 1.05. The zero-order valence-corrected chi connectivity index (χ0v) is 12.8. The molecular weight excluding hydrogens is 262 g/mol. The molecule has 1 aromatic carbocycles. The Labute approximate surface area is 126 Å². The molecule has 1 aliphatic rings. The molecule has 2 heterocycles. The van der Waals surface area contributed by atoms with Crippen LogP contribution in [-0.2, 0) is 18.6 Å². The number of aryl methyl sites for hydroxylation is 1. The first-order valence-corrected chi connectivity index (χ1v) is 7.61. The molecule has 1 atom stereocenters. The Hall–Kier alpha value is -1.72. The van der Waals surface area contributed by atoms with E-state index < -0.39 is 0 Å². The molecule has 21 heavy (non-hydrogen) atoms. The smallest absolute Gasteiger partial charge is 0.140 e. The zero-order valence-electron chi connectivity index (χ0n) is 12.8. The lowest BCUT2D eigenvalue weighted by Gasteiger charge is -2.41. The fourth-order valence-electron chi connectivity index (χ4n) is 3.08. The van der Waals surface area contributed by atoms with Crippen LogP contribution in [0.3, 0.4) is 0 Å². The van der Waals surface area contributed by atoms with E-state index in [4.69, 9.17) is 0 Å². The average Bonchev–Trinajstić information content (AvgIpc) is 2.95. The Morgan fingerprint density at radius 1 is 1.29 bits per heavy atom. The van der Waals surface area contributed by atoms with Crippen LogP contribution in [0.15, 0.2) is 36.7 Å². The van der Waals surface area contributed by atoms with Crippen molar-refractivity contribution in [2.45, 2.75) is 32.5 Å². The third kappa shape index (κ3) is 2.99. The van der Waals surface area contributed by atoms with Crippen molar-refractivity contribution in [3.8, 4) is 0 Å². The maximum atomic E-state index is 4.39. The highest BCUT2D eigenvalue weighted by Crippen LogP contribution is 2.24. The van der Waals surface area contributed by atoms with E-state index in [9.17, 15) is 0 Å². The van der Waals surface area contributed by atoms with Gasteiger partial charge in [-0.15, -0.1) is 0 Å². The number of hydrogen-bond donors (Lipinski definition) is 1. The highest BCUT2D eigenvalue weighted by Gasteiger charge is 2.32. The fraction of sp³-hybridized carbons (Fsp3) is 0.500. The maximum Gasteiger partial charge on any atom is 0.140 e. The minimum atomic E-state index is -0.00340. The van der Waals surface area contributed by atoms with Gasteiger partial charge in [-0.05, 0) is 19.4 Å². The number of piperazine rings is 1. The second-order valence-electron chi connectivity index (χ2n) is 5.83. The molecule has 1 unspecified atom stereocenters. The van der Waals surface area contributed by atoms with Crippen molar-refractivity contribution < 1.29 is 0 Å². The molecule has 0 saturated carbocycles. The van der Waals surface area contributed by atoms with Crippen LogP contribution in [-0.4, -0.2) is 39.3 Å². The van der Waals surface area contributed by atoms with Gasteiger partial charge in [0.1, 0.15) is 12.2 Å². The first kappa shape index (κ1) is 14.2. The summed E-state index contributed by atoms with van der Waals surface area (Å²) in [7, 11) is 0. The highest BCUT2D eigenvalue weighted by molar-refractivity contribution is 5.24. The van der Waals surface area contributed by atoms with Gasteiger partial charge in [0.25, 0.3) is 0 Å². The normalized spacial score (nSPS) is 23.3. The summed E-state index contributed by atoms with van der Waals surface area (Å²) in [4.78, 5) is 6.85. The molecule has 1 aromatic heterocycles. The summed E-state index contributed by atoms with van der Waals surface area (Å²) in [6.07, 6.45) is 1.65. The van der Waals surface area contributed by atoms with Gasteiger partial charge in [-0.2, -0.15) is 5.10 Å². The predicted octanol–water partition coefficient (Wildman–Crippen LogP) is 1.62. The summed E-state index contributed by atoms with van der Waals surface area (Å²) in [5, 5.41) is 7.92. The van der Waals surface area contributed by atoms with Gasteiger partial charge in [0.05, 0.1) is 12.1 Å². The number of hydrogen-bond acceptors (Lipinski definition) is 4. The highest BCUT2D eigenvalue weighted by atomic mass is 15.4. The second kappa shape index (κ2) is 5.95. The third-order valence-electron chi connectivity index (χ3n) is 4.25. The lowest BCUT2D eigenvalue weighted by Crippen LogP contribution is -2.56. The summed E-state index contributed by atoms with van der Waals surface area (Å²) in [6, 6.07) is 10.7. The van der Waals surface area contributed by atoms with Gasteiger partial charge >= 0.3 is 0 Å². The number of aromatic nitrogens is 3. The van der Waals surface area contributed by atoms with E-state index in [1.807, 2.05) is 4.68 Å². The monoisotopic (exact) mass is 285 g/mol.